The van der Waals surface area contributed by atoms with E-state index in [1.54, 1.807) is 0 Å². The van der Waals surface area contributed by atoms with Crippen molar-refractivity contribution in [1.29, 1.82) is 0 Å². The van der Waals surface area contributed by atoms with Gasteiger partial charge in [0.05, 0.1) is 6.42 Å². The average Bonchev–Trinajstić information content (AvgIpc) is 2.89. The third kappa shape index (κ3) is 2.79. The van der Waals surface area contributed by atoms with E-state index in [4.69, 9.17) is 4.42 Å². The fourth-order valence-corrected chi connectivity index (χ4v) is 2.18. The van der Waals surface area contributed by atoms with E-state index in [0.29, 0.717) is 17.0 Å². The van der Waals surface area contributed by atoms with Crippen molar-refractivity contribution in [1.82, 2.24) is 4.98 Å². The molecule has 106 valence electrons. The van der Waals surface area contributed by atoms with Gasteiger partial charge < -0.3 is 9.32 Å². The minimum atomic E-state index is 0.00635. The third-order valence-electron chi connectivity index (χ3n) is 3.36. The summed E-state index contributed by atoms with van der Waals surface area (Å²) in [7, 11) is 3.93. The molecule has 0 atom stereocenters. The van der Waals surface area contributed by atoms with Gasteiger partial charge in [-0.3, -0.25) is 4.79 Å². The van der Waals surface area contributed by atoms with Gasteiger partial charge in [0.25, 0.3) is 0 Å². The van der Waals surface area contributed by atoms with Crippen molar-refractivity contribution in [3.8, 4) is 0 Å². The molecule has 0 saturated carbocycles. The Hall–Kier alpha value is -2.62. The quantitative estimate of drug-likeness (QED) is 0.688. The summed E-state index contributed by atoms with van der Waals surface area (Å²) in [5.74, 6) is 0.463. The number of oxazole rings is 1. The largest absolute Gasteiger partial charge is 0.440 e. The van der Waals surface area contributed by atoms with Crippen LogP contribution in [0.4, 0.5) is 5.69 Å². The number of aromatic nitrogens is 1. The van der Waals surface area contributed by atoms with Gasteiger partial charge in [0.2, 0.25) is 5.89 Å². The molecule has 0 aliphatic carbocycles. The van der Waals surface area contributed by atoms with Crippen LogP contribution in [0.1, 0.15) is 16.2 Å². The summed E-state index contributed by atoms with van der Waals surface area (Å²) in [6.45, 7) is 0. The van der Waals surface area contributed by atoms with Gasteiger partial charge in [-0.25, -0.2) is 4.98 Å². The van der Waals surface area contributed by atoms with E-state index in [1.165, 1.54) is 0 Å². The van der Waals surface area contributed by atoms with Gasteiger partial charge in [-0.15, -0.1) is 0 Å². The van der Waals surface area contributed by atoms with Gasteiger partial charge >= 0.3 is 0 Å². The van der Waals surface area contributed by atoms with Gasteiger partial charge in [-0.2, -0.15) is 0 Å². The van der Waals surface area contributed by atoms with Crippen molar-refractivity contribution in [2.45, 2.75) is 6.42 Å². The van der Waals surface area contributed by atoms with Crippen molar-refractivity contribution < 1.29 is 9.21 Å². The molecule has 3 aromatic rings. The Bertz CT molecular complexity index is 740. The number of carbonyl (C=O) groups excluding carboxylic acids is 1. The first-order chi connectivity index (χ1) is 10.1. The van der Waals surface area contributed by atoms with E-state index in [1.807, 2.05) is 67.5 Å². The lowest BCUT2D eigenvalue weighted by molar-refractivity contribution is 0.0986. The van der Waals surface area contributed by atoms with Crippen molar-refractivity contribution in [2.24, 2.45) is 0 Å². The van der Waals surface area contributed by atoms with Gasteiger partial charge in [-0.05, 0) is 36.4 Å². The van der Waals surface area contributed by atoms with E-state index < -0.39 is 0 Å². The molecule has 4 nitrogen and oxygen atoms in total. The number of hydrogen-bond acceptors (Lipinski definition) is 4. The van der Waals surface area contributed by atoms with E-state index >= 15 is 0 Å². The minimum Gasteiger partial charge on any atom is -0.440 e. The number of carbonyl (C=O) groups is 1. The molecule has 21 heavy (non-hydrogen) atoms. The number of rotatable bonds is 4. The molecule has 0 spiro atoms. The Morgan fingerprint density at radius 2 is 1.81 bits per heavy atom. The second-order valence-corrected chi connectivity index (χ2v) is 5.12. The smallest absolute Gasteiger partial charge is 0.203 e. The first kappa shape index (κ1) is 13.4. The van der Waals surface area contributed by atoms with Gasteiger partial charge in [-0.1, -0.05) is 12.1 Å². The Morgan fingerprint density at radius 3 is 2.48 bits per heavy atom. The summed E-state index contributed by atoms with van der Waals surface area (Å²) in [6.07, 6.45) is 0.177. The number of fused-ring (bicyclic) bond motifs is 1. The standard InChI is InChI=1S/C17H16N2O2/c1-19(2)13-9-7-12(8-10-13)15(20)11-17-18-14-5-3-4-6-16(14)21-17/h3-10H,11H2,1-2H3. The number of anilines is 1. The number of hydrogen-bond donors (Lipinski definition) is 0. The van der Waals surface area contributed by atoms with E-state index in [9.17, 15) is 4.79 Å². The number of ketones is 1. The van der Waals surface area contributed by atoms with Crippen LogP contribution in [0.15, 0.2) is 52.9 Å². The monoisotopic (exact) mass is 280 g/mol. The molecular formula is C17H16N2O2. The SMILES string of the molecule is CN(C)c1ccc(C(=O)Cc2nc3ccccc3o2)cc1. The Labute approximate surface area is 123 Å². The Morgan fingerprint density at radius 1 is 1.10 bits per heavy atom. The van der Waals surface area contributed by atoms with Crippen LogP contribution in [0.5, 0.6) is 0 Å². The first-order valence-corrected chi connectivity index (χ1v) is 6.78. The highest BCUT2D eigenvalue weighted by molar-refractivity contribution is 5.97. The second kappa shape index (κ2) is 5.40. The molecule has 0 radical (unpaired) electrons. The molecule has 0 fully saturated rings. The molecule has 0 saturated heterocycles. The third-order valence-corrected chi connectivity index (χ3v) is 3.36. The van der Waals surface area contributed by atoms with Crippen molar-refractivity contribution in [2.75, 3.05) is 19.0 Å². The van der Waals surface area contributed by atoms with Gasteiger partial charge in [0.15, 0.2) is 11.4 Å². The van der Waals surface area contributed by atoms with Crippen LogP contribution in [-0.2, 0) is 6.42 Å². The molecule has 0 unspecified atom stereocenters. The number of benzene rings is 2. The lowest BCUT2D eigenvalue weighted by Crippen LogP contribution is -2.09. The molecule has 0 aliphatic heterocycles. The van der Waals surface area contributed by atoms with Crippen molar-refractivity contribution in [3.63, 3.8) is 0 Å². The van der Waals surface area contributed by atoms with Crippen LogP contribution < -0.4 is 4.90 Å². The molecule has 0 bridgehead atoms. The molecule has 2 aromatic carbocycles. The highest BCUT2D eigenvalue weighted by Crippen LogP contribution is 2.17. The normalized spacial score (nSPS) is 10.8. The fraction of sp³-hybridized carbons (Fsp3) is 0.176. The van der Waals surface area contributed by atoms with Crippen LogP contribution in [0.25, 0.3) is 11.1 Å². The maximum Gasteiger partial charge on any atom is 0.203 e. The number of para-hydroxylation sites is 2. The summed E-state index contributed by atoms with van der Waals surface area (Å²) in [5.41, 5.74) is 3.22. The summed E-state index contributed by atoms with van der Waals surface area (Å²) >= 11 is 0. The first-order valence-electron chi connectivity index (χ1n) is 6.78. The Balaban J connectivity index is 1.79. The summed E-state index contributed by atoms with van der Waals surface area (Å²) in [6, 6.07) is 15.0. The highest BCUT2D eigenvalue weighted by atomic mass is 16.3. The predicted molar refractivity (Wildman–Crippen MR) is 82.8 cm³/mol. The second-order valence-electron chi connectivity index (χ2n) is 5.12. The zero-order chi connectivity index (χ0) is 14.8. The summed E-state index contributed by atoms with van der Waals surface area (Å²) in [5, 5.41) is 0. The number of nitrogens with zero attached hydrogens (tertiary/aromatic N) is 2. The van der Waals surface area contributed by atoms with Gasteiger partial charge in [0, 0.05) is 25.3 Å². The minimum absolute atomic E-state index is 0.00635. The van der Waals surface area contributed by atoms with E-state index in [0.717, 1.165) is 11.2 Å². The molecule has 4 heteroatoms. The molecular weight excluding hydrogens is 264 g/mol. The number of Topliss-reactive ketones (excluding diaryl/α,β-unsaturated/α-hetero) is 1. The topological polar surface area (TPSA) is 46.3 Å². The van der Waals surface area contributed by atoms with Gasteiger partial charge in [0.1, 0.15) is 5.52 Å². The van der Waals surface area contributed by atoms with E-state index in [-0.39, 0.29) is 12.2 Å². The maximum absolute atomic E-state index is 12.3. The fourth-order valence-electron chi connectivity index (χ4n) is 2.18. The molecule has 0 N–H and O–H groups in total. The molecule has 1 aromatic heterocycles. The average molecular weight is 280 g/mol. The molecule has 3 rings (SSSR count). The highest BCUT2D eigenvalue weighted by Gasteiger charge is 2.12. The van der Waals surface area contributed by atoms with E-state index in [2.05, 4.69) is 4.98 Å². The lowest BCUT2D eigenvalue weighted by Gasteiger charge is -2.12. The van der Waals surface area contributed by atoms with Crippen LogP contribution in [0, 0.1) is 0 Å². The summed E-state index contributed by atoms with van der Waals surface area (Å²) < 4.78 is 5.58. The summed E-state index contributed by atoms with van der Waals surface area (Å²) in [4.78, 5) is 18.6. The molecule has 1 heterocycles. The van der Waals surface area contributed by atoms with Crippen molar-refractivity contribution in [3.05, 3.63) is 60.0 Å². The molecule has 0 aliphatic rings. The maximum atomic E-state index is 12.3. The zero-order valence-corrected chi connectivity index (χ0v) is 12.0. The Kier molecular flexibility index (Phi) is 3.44. The lowest BCUT2D eigenvalue weighted by atomic mass is 10.1. The zero-order valence-electron chi connectivity index (χ0n) is 12.0. The predicted octanol–water partition coefficient (Wildman–Crippen LogP) is 3.32. The van der Waals surface area contributed by atoms with Crippen molar-refractivity contribution >= 4 is 22.6 Å². The van der Waals surface area contributed by atoms with Crippen LogP contribution in [-0.4, -0.2) is 24.9 Å². The molecule has 0 amide bonds. The van der Waals surface area contributed by atoms with Crippen LogP contribution >= 0.6 is 0 Å². The van der Waals surface area contributed by atoms with Crippen LogP contribution in [0.3, 0.4) is 0 Å². The van der Waals surface area contributed by atoms with Crippen LogP contribution in [0.2, 0.25) is 0 Å².